The molecule has 4 aromatic rings. The highest BCUT2D eigenvalue weighted by atomic mass is 32.1. The van der Waals surface area contributed by atoms with Gasteiger partial charge in [0, 0.05) is 16.1 Å². The van der Waals surface area contributed by atoms with Gasteiger partial charge in [0.25, 0.3) is 5.91 Å². The average molecular weight is 365 g/mol. The maximum Gasteiger partial charge on any atom is 0.275 e. The van der Waals surface area contributed by atoms with E-state index in [-0.39, 0.29) is 5.91 Å². The molecule has 0 radical (unpaired) electrons. The number of aromatic amines is 1. The third kappa shape index (κ3) is 3.14. The van der Waals surface area contributed by atoms with Crippen LogP contribution in [0.15, 0.2) is 47.1 Å². The first kappa shape index (κ1) is 16.2. The van der Waals surface area contributed by atoms with E-state index in [4.69, 9.17) is 4.42 Å². The van der Waals surface area contributed by atoms with Crippen LogP contribution < -0.4 is 5.32 Å². The highest BCUT2D eigenvalue weighted by Gasteiger charge is 2.18. The molecule has 1 aromatic carbocycles. The molecule has 0 unspecified atom stereocenters. The summed E-state index contributed by atoms with van der Waals surface area (Å²) in [6, 6.07) is 11.0. The predicted octanol–water partition coefficient (Wildman–Crippen LogP) is 4.06. The van der Waals surface area contributed by atoms with E-state index in [2.05, 4.69) is 25.5 Å². The Morgan fingerprint density at radius 3 is 2.81 bits per heavy atom. The van der Waals surface area contributed by atoms with Crippen LogP contribution in [0.1, 0.15) is 21.2 Å². The van der Waals surface area contributed by atoms with Crippen molar-refractivity contribution in [2.75, 3.05) is 5.32 Å². The Kier molecular flexibility index (Phi) is 4.10. The van der Waals surface area contributed by atoms with E-state index in [1.54, 1.807) is 12.3 Å². The molecule has 3 heterocycles. The number of aromatic nitrogens is 4. The van der Waals surface area contributed by atoms with E-state index in [1.807, 2.05) is 44.2 Å². The molecule has 4 rings (SSSR count). The smallest absolute Gasteiger partial charge is 0.275 e. The number of nitrogens with one attached hydrogen (secondary N) is 2. The van der Waals surface area contributed by atoms with Crippen molar-refractivity contribution in [1.82, 2.24) is 20.2 Å². The summed E-state index contributed by atoms with van der Waals surface area (Å²) in [6.07, 6.45) is 1.59. The van der Waals surface area contributed by atoms with Crippen LogP contribution in [0.5, 0.6) is 0 Å². The second-order valence-corrected chi connectivity index (χ2v) is 6.88. The van der Waals surface area contributed by atoms with Gasteiger partial charge in [-0.2, -0.15) is 5.10 Å². The molecule has 26 heavy (non-hydrogen) atoms. The van der Waals surface area contributed by atoms with Gasteiger partial charge in [-0.1, -0.05) is 12.1 Å². The van der Waals surface area contributed by atoms with Crippen molar-refractivity contribution in [1.29, 1.82) is 0 Å². The van der Waals surface area contributed by atoms with Gasteiger partial charge in [-0.3, -0.25) is 9.89 Å². The molecule has 8 heteroatoms. The molecular weight excluding hydrogens is 350 g/mol. The molecule has 0 aliphatic heterocycles. The van der Waals surface area contributed by atoms with Crippen LogP contribution in [0.4, 0.5) is 5.69 Å². The van der Waals surface area contributed by atoms with Crippen LogP contribution in [0, 0.1) is 13.8 Å². The summed E-state index contributed by atoms with van der Waals surface area (Å²) in [6.45, 7) is 3.70. The number of H-pyrrole nitrogens is 1. The Labute approximate surface area is 153 Å². The molecular formula is C18H15N5O2S. The molecule has 0 spiro atoms. The zero-order valence-electron chi connectivity index (χ0n) is 14.1. The van der Waals surface area contributed by atoms with Crippen LogP contribution in [0.3, 0.4) is 0 Å². The number of anilines is 1. The fourth-order valence-corrected chi connectivity index (χ4v) is 3.39. The van der Waals surface area contributed by atoms with Gasteiger partial charge >= 0.3 is 0 Å². The number of carbonyl (C=O) groups excluding carboxylic acids is 1. The zero-order valence-corrected chi connectivity index (χ0v) is 14.9. The van der Waals surface area contributed by atoms with Crippen LogP contribution in [0.25, 0.3) is 22.2 Å². The molecule has 0 fully saturated rings. The van der Waals surface area contributed by atoms with Crippen molar-refractivity contribution < 1.29 is 9.21 Å². The Morgan fingerprint density at radius 1 is 1.19 bits per heavy atom. The molecule has 0 aliphatic rings. The lowest BCUT2D eigenvalue weighted by atomic mass is 10.2. The van der Waals surface area contributed by atoms with Gasteiger partial charge in [0.15, 0.2) is 16.6 Å². The van der Waals surface area contributed by atoms with Gasteiger partial charge in [0.05, 0.1) is 6.26 Å². The lowest BCUT2D eigenvalue weighted by Gasteiger charge is -2.05. The molecule has 0 saturated carbocycles. The fourth-order valence-electron chi connectivity index (χ4n) is 2.51. The standard InChI is InChI=1S/C18H15N5O2S/c1-10-15(21-18(26-10)14-7-4-8-25-14)17(24)20-13-6-3-5-12(9-13)16-19-11(2)22-23-16/h3-9H,1-2H3,(H,20,24)(H,19,22,23). The highest BCUT2D eigenvalue weighted by molar-refractivity contribution is 7.15. The van der Waals surface area contributed by atoms with E-state index in [0.29, 0.717) is 28.0 Å². The minimum atomic E-state index is -0.264. The fraction of sp³-hybridized carbons (Fsp3) is 0.111. The second-order valence-electron chi connectivity index (χ2n) is 5.68. The van der Waals surface area contributed by atoms with Gasteiger partial charge in [-0.05, 0) is 38.1 Å². The summed E-state index contributed by atoms with van der Waals surface area (Å²) < 4.78 is 5.35. The Bertz CT molecular complexity index is 1070. The van der Waals surface area contributed by atoms with Gasteiger partial charge < -0.3 is 9.73 Å². The van der Waals surface area contributed by atoms with Crippen LogP contribution in [0.2, 0.25) is 0 Å². The topological polar surface area (TPSA) is 96.7 Å². The number of aryl methyl sites for hydroxylation is 2. The number of hydrogen-bond donors (Lipinski definition) is 2. The van der Waals surface area contributed by atoms with Crippen LogP contribution in [-0.2, 0) is 0 Å². The average Bonchev–Trinajstić information content (AvgIpc) is 3.35. The molecule has 130 valence electrons. The number of amides is 1. The Balaban J connectivity index is 1.57. The van der Waals surface area contributed by atoms with Crippen LogP contribution in [-0.4, -0.2) is 26.1 Å². The number of nitrogens with zero attached hydrogens (tertiary/aromatic N) is 3. The summed E-state index contributed by atoms with van der Waals surface area (Å²) in [5.74, 6) is 1.71. The summed E-state index contributed by atoms with van der Waals surface area (Å²) >= 11 is 1.42. The van der Waals surface area contributed by atoms with E-state index >= 15 is 0 Å². The molecule has 7 nitrogen and oxygen atoms in total. The van der Waals surface area contributed by atoms with Crippen LogP contribution >= 0.6 is 11.3 Å². The first-order chi connectivity index (χ1) is 12.6. The van der Waals surface area contributed by atoms with Crippen molar-refractivity contribution in [3.63, 3.8) is 0 Å². The van der Waals surface area contributed by atoms with Gasteiger partial charge in [0.2, 0.25) is 0 Å². The lowest BCUT2D eigenvalue weighted by Crippen LogP contribution is -2.13. The van der Waals surface area contributed by atoms with Gasteiger partial charge in [-0.15, -0.1) is 11.3 Å². The second kappa shape index (κ2) is 6.57. The summed E-state index contributed by atoms with van der Waals surface area (Å²) in [7, 11) is 0. The number of thiazole rings is 1. The first-order valence-electron chi connectivity index (χ1n) is 7.92. The molecule has 0 bridgehead atoms. The minimum absolute atomic E-state index is 0.264. The number of rotatable bonds is 4. The molecule has 3 aromatic heterocycles. The maximum absolute atomic E-state index is 12.6. The monoisotopic (exact) mass is 365 g/mol. The van der Waals surface area contributed by atoms with Crippen molar-refractivity contribution in [3.8, 4) is 22.2 Å². The Hall–Kier alpha value is -3.26. The predicted molar refractivity (Wildman–Crippen MR) is 99.1 cm³/mol. The number of furan rings is 1. The van der Waals surface area contributed by atoms with Crippen molar-refractivity contribution in [3.05, 3.63) is 59.1 Å². The van der Waals surface area contributed by atoms with Gasteiger partial charge in [-0.25, -0.2) is 9.97 Å². The molecule has 0 aliphatic carbocycles. The minimum Gasteiger partial charge on any atom is -0.462 e. The van der Waals surface area contributed by atoms with E-state index in [1.165, 1.54) is 11.3 Å². The van der Waals surface area contributed by atoms with Crippen molar-refractivity contribution in [2.45, 2.75) is 13.8 Å². The third-order valence-electron chi connectivity index (χ3n) is 3.72. The van der Waals surface area contributed by atoms with Crippen molar-refractivity contribution in [2.24, 2.45) is 0 Å². The zero-order chi connectivity index (χ0) is 18.1. The number of carbonyl (C=O) groups is 1. The highest BCUT2D eigenvalue weighted by Crippen LogP contribution is 2.28. The normalized spacial score (nSPS) is 10.8. The number of benzene rings is 1. The molecule has 0 saturated heterocycles. The van der Waals surface area contributed by atoms with Crippen molar-refractivity contribution >= 4 is 22.9 Å². The largest absolute Gasteiger partial charge is 0.462 e. The maximum atomic E-state index is 12.6. The first-order valence-corrected chi connectivity index (χ1v) is 8.74. The molecule has 1 amide bonds. The molecule has 0 atom stereocenters. The third-order valence-corrected chi connectivity index (χ3v) is 4.70. The summed E-state index contributed by atoms with van der Waals surface area (Å²) in [5.41, 5.74) is 1.86. The lowest BCUT2D eigenvalue weighted by molar-refractivity contribution is 0.102. The Morgan fingerprint density at radius 2 is 2.08 bits per heavy atom. The van der Waals surface area contributed by atoms with E-state index in [9.17, 15) is 4.79 Å². The molecule has 2 N–H and O–H groups in total. The van der Waals surface area contributed by atoms with E-state index < -0.39 is 0 Å². The SMILES string of the molecule is Cc1nc(-c2cccc(NC(=O)c3nc(-c4ccco4)sc3C)c2)n[nH]1. The van der Waals surface area contributed by atoms with Gasteiger partial charge in [0.1, 0.15) is 11.5 Å². The summed E-state index contributed by atoms with van der Waals surface area (Å²) in [4.78, 5) is 22.2. The van der Waals surface area contributed by atoms with E-state index in [0.717, 1.165) is 16.3 Å². The number of hydrogen-bond acceptors (Lipinski definition) is 6. The quantitative estimate of drug-likeness (QED) is 0.568. The summed E-state index contributed by atoms with van der Waals surface area (Å²) in [5, 5.41) is 10.5.